The number of methoxy groups -OCH3 is 1. The minimum atomic E-state index is -0.196. The van der Waals surface area contributed by atoms with Crippen LogP contribution in [-0.4, -0.2) is 31.4 Å². The highest BCUT2D eigenvalue weighted by Crippen LogP contribution is 2.32. The van der Waals surface area contributed by atoms with Crippen molar-refractivity contribution in [1.29, 1.82) is 0 Å². The number of anilines is 2. The number of rotatable bonds is 3. The Bertz CT molecular complexity index is 904. The molecule has 0 radical (unpaired) electrons. The van der Waals surface area contributed by atoms with Crippen molar-refractivity contribution in [2.45, 2.75) is 25.7 Å². The first-order valence-electron chi connectivity index (χ1n) is 9.03. The smallest absolute Gasteiger partial charge is 0.258 e. The summed E-state index contributed by atoms with van der Waals surface area (Å²) in [5.41, 5.74) is 3.05. The molecule has 0 aromatic heterocycles. The van der Waals surface area contributed by atoms with Gasteiger partial charge in [0.1, 0.15) is 5.75 Å². The molecule has 0 unspecified atom stereocenters. The van der Waals surface area contributed by atoms with Crippen LogP contribution in [0, 0.1) is 0 Å². The SMILES string of the molecule is COc1ccc2c(c1)CCCN2C(=O)c1ccc(N2C(=O)CCC2=O)cc1. The summed E-state index contributed by atoms with van der Waals surface area (Å²) in [5.74, 6) is 0.301. The van der Waals surface area contributed by atoms with Gasteiger partial charge in [0.25, 0.3) is 5.91 Å². The molecule has 2 aliphatic rings. The van der Waals surface area contributed by atoms with E-state index < -0.39 is 0 Å². The van der Waals surface area contributed by atoms with E-state index in [0.29, 0.717) is 17.8 Å². The van der Waals surface area contributed by atoms with Crippen molar-refractivity contribution in [3.63, 3.8) is 0 Å². The highest BCUT2D eigenvalue weighted by Gasteiger charge is 2.30. The van der Waals surface area contributed by atoms with Crippen LogP contribution in [0.3, 0.4) is 0 Å². The summed E-state index contributed by atoms with van der Waals surface area (Å²) >= 11 is 0. The van der Waals surface area contributed by atoms with Gasteiger partial charge in [-0.25, -0.2) is 0 Å². The molecule has 27 heavy (non-hydrogen) atoms. The molecule has 0 aliphatic carbocycles. The number of nitrogens with zero attached hydrogens (tertiary/aromatic N) is 2. The Morgan fingerprint density at radius 3 is 2.33 bits per heavy atom. The Morgan fingerprint density at radius 2 is 1.67 bits per heavy atom. The lowest BCUT2D eigenvalue weighted by molar-refractivity contribution is -0.121. The lowest BCUT2D eigenvalue weighted by Gasteiger charge is -2.30. The van der Waals surface area contributed by atoms with E-state index in [-0.39, 0.29) is 30.6 Å². The number of carbonyl (C=O) groups excluding carboxylic acids is 3. The fourth-order valence-electron chi connectivity index (χ4n) is 3.68. The molecule has 2 heterocycles. The van der Waals surface area contributed by atoms with Crippen molar-refractivity contribution in [3.8, 4) is 5.75 Å². The summed E-state index contributed by atoms with van der Waals surface area (Å²) in [4.78, 5) is 39.7. The van der Waals surface area contributed by atoms with Gasteiger partial charge in [0.15, 0.2) is 0 Å². The van der Waals surface area contributed by atoms with Crippen LogP contribution < -0.4 is 14.5 Å². The van der Waals surface area contributed by atoms with E-state index >= 15 is 0 Å². The standard InChI is InChI=1S/C21H20N2O4/c1-27-17-8-9-18-15(13-17)3-2-12-22(18)21(26)14-4-6-16(7-5-14)23-19(24)10-11-20(23)25/h4-9,13H,2-3,10-12H2,1H3. The van der Waals surface area contributed by atoms with Gasteiger partial charge in [-0.2, -0.15) is 0 Å². The molecule has 2 aliphatic heterocycles. The van der Waals surface area contributed by atoms with Gasteiger partial charge in [-0.05, 0) is 60.9 Å². The summed E-state index contributed by atoms with van der Waals surface area (Å²) in [7, 11) is 1.63. The van der Waals surface area contributed by atoms with Crippen LogP contribution in [0.1, 0.15) is 35.2 Å². The normalized spacial score (nSPS) is 16.5. The van der Waals surface area contributed by atoms with Crippen molar-refractivity contribution in [2.75, 3.05) is 23.5 Å². The van der Waals surface area contributed by atoms with E-state index in [9.17, 15) is 14.4 Å². The largest absolute Gasteiger partial charge is 0.497 e. The first-order valence-corrected chi connectivity index (χ1v) is 9.03. The van der Waals surface area contributed by atoms with E-state index in [1.807, 2.05) is 18.2 Å². The molecule has 0 bridgehead atoms. The Kier molecular flexibility index (Phi) is 4.39. The summed E-state index contributed by atoms with van der Waals surface area (Å²) in [5, 5.41) is 0. The average Bonchev–Trinajstić information content (AvgIpc) is 3.04. The number of amides is 3. The molecule has 6 heteroatoms. The molecule has 2 aromatic rings. The molecule has 0 spiro atoms. The van der Waals surface area contributed by atoms with Crippen molar-refractivity contribution in [1.82, 2.24) is 0 Å². The van der Waals surface area contributed by atoms with E-state index in [2.05, 4.69) is 0 Å². The highest BCUT2D eigenvalue weighted by molar-refractivity contribution is 6.20. The summed E-state index contributed by atoms with van der Waals surface area (Å²) in [6.45, 7) is 0.656. The Labute approximate surface area is 157 Å². The van der Waals surface area contributed by atoms with Crippen LogP contribution >= 0.6 is 0 Å². The minimum Gasteiger partial charge on any atom is -0.497 e. The zero-order valence-electron chi connectivity index (χ0n) is 15.1. The Morgan fingerprint density at radius 1 is 0.963 bits per heavy atom. The van der Waals surface area contributed by atoms with Gasteiger partial charge in [0, 0.05) is 30.6 Å². The average molecular weight is 364 g/mol. The Hall–Kier alpha value is -3.15. The van der Waals surface area contributed by atoms with Gasteiger partial charge < -0.3 is 9.64 Å². The number of fused-ring (bicyclic) bond motifs is 1. The van der Waals surface area contributed by atoms with Gasteiger partial charge in [0.2, 0.25) is 11.8 Å². The van der Waals surface area contributed by atoms with Crippen LogP contribution in [0.15, 0.2) is 42.5 Å². The van der Waals surface area contributed by atoms with Gasteiger partial charge in [-0.3, -0.25) is 19.3 Å². The van der Waals surface area contributed by atoms with Crippen LogP contribution in [0.4, 0.5) is 11.4 Å². The second-order valence-corrected chi connectivity index (χ2v) is 6.72. The monoisotopic (exact) mass is 364 g/mol. The summed E-state index contributed by atoms with van der Waals surface area (Å²) < 4.78 is 5.28. The Balaban J connectivity index is 1.59. The van der Waals surface area contributed by atoms with Crippen LogP contribution in [0.2, 0.25) is 0 Å². The first-order chi connectivity index (χ1) is 13.1. The van der Waals surface area contributed by atoms with Crippen molar-refractivity contribution < 1.29 is 19.1 Å². The lowest BCUT2D eigenvalue weighted by Crippen LogP contribution is -2.35. The summed E-state index contributed by atoms with van der Waals surface area (Å²) in [6.07, 6.45) is 2.29. The molecule has 1 saturated heterocycles. The van der Waals surface area contributed by atoms with Gasteiger partial charge in [-0.1, -0.05) is 0 Å². The third kappa shape index (κ3) is 3.07. The molecule has 6 nitrogen and oxygen atoms in total. The van der Waals surface area contributed by atoms with Gasteiger partial charge >= 0.3 is 0 Å². The first kappa shape index (κ1) is 17.3. The quantitative estimate of drug-likeness (QED) is 0.786. The van der Waals surface area contributed by atoms with Crippen molar-refractivity contribution >= 4 is 29.1 Å². The third-order valence-corrected chi connectivity index (χ3v) is 5.07. The van der Waals surface area contributed by atoms with E-state index in [0.717, 1.165) is 29.8 Å². The van der Waals surface area contributed by atoms with Crippen molar-refractivity contribution in [3.05, 3.63) is 53.6 Å². The van der Waals surface area contributed by atoms with Gasteiger partial charge in [-0.15, -0.1) is 0 Å². The molecule has 0 saturated carbocycles. The molecule has 0 atom stereocenters. The molecule has 138 valence electrons. The van der Waals surface area contributed by atoms with Crippen LogP contribution in [0.5, 0.6) is 5.75 Å². The van der Waals surface area contributed by atoms with Gasteiger partial charge in [0.05, 0.1) is 12.8 Å². The zero-order chi connectivity index (χ0) is 19.0. The molecule has 2 aromatic carbocycles. The molecular formula is C21H20N2O4. The number of hydrogen-bond acceptors (Lipinski definition) is 4. The predicted molar refractivity (Wildman–Crippen MR) is 101 cm³/mol. The molecule has 0 N–H and O–H groups in total. The topological polar surface area (TPSA) is 66.9 Å². The summed E-state index contributed by atoms with van der Waals surface area (Å²) in [6, 6.07) is 12.4. The predicted octanol–water partition coefficient (Wildman–Crippen LogP) is 2.94. The lowest BCUT2D eigenvalue weighted by atomic mass is 10.0. The molecule has 4 rings (SSSR count). The fraction of sp³-hybridized carbons (Fsp3) is 0.286. The third-order valence-electron chi connectivity index (χ3n) is 5.07. The number of hydrogen-bond donors (Lipinski definition) is 0. The number of benzene rings is 2. The maximum Gasteiger partial charge on any atom is 0.258 e. The minimum absolute atomic E-state index is 0.0910. The molecule has 1 fully saturated rings. The maximum atomic E-state index is 13.0. The number of ether oxygens (including phenoxy) is 1. The van der Waals surface area contributed by atoms with Crippen molar-refractivity contribution in [2.24, 2.45) is 0 Å². The van der Waals surface area contributed by atoms with Crippen LogP contribution in [0.25, 0.3) is 0 Å². The number of carbonyl (C=O) groups is 3. The maximum absolute atomic E-state index is 13.0. The number of imide groups is 1. The van der Waals surface area contributed by atoms with Crippen LogP contribution in [-0.2, 0) is 16.0 Å². The second kappa shape index (κ2) is 6.87. The van der Waals surface area contributed by atoms with E-state index in [1.54, 1.807) is 36.3 Å². The number of aryl methyl sites for hydroxylation is 1. The van der Waals surface area contributed by atoms with E-state index in [1.165, 1.54) is 4.90 Å². The molecule has 3 amide bonds. The highest BCUT2D eigenvalue weighted by atomic mass is 16.5. The molecular weight excluding hydrogens is 344 g/mol. The second-order valence-electron chi connectivity index (χ2n) is 6.72. The van der Waals surface area contributed by atoms with E-state index in [4.69, 9.17) is 4.74 Å². The fourth-order valence-corrected chi connectivity index (χ4v) is 3.68. The zero-order valence-corrected chi connectivity index (χ0v) is 15.1.